The van der Waals surface area contributed by atoms with E-state index in [-0.39, 0.29) is 38.0 Å². The highest BCUT2D eigenvalue weighted by molar-refractivity contribution is 5.79. The van der Waals surface area contributed by atoms with Crippen molar-refractivity contribution in [3.8, 4) is 0 Å². The fourth-order valence-corrected chi connectivity index (χ4v) is 8.14. The van der Waals surface area contributed by atoms with Gasteiger partial charge in [0.2, 0.25) is 5.91 Å². The van der Waals surface area contributed by atoms with E-state index in [4.69, 9.17) is 24.7 Å². The first-order valence-electron chi connectivity index (χ1n) is 22.8. The first kappa shape index (κ1) is 56.9. The van der Waals surface area contributed by atoms with Gasteiger partial charge in [-0.25, -0.2) is 0 Å². The fraction of sp³-hybridized carbons (Fsp3) is 0.667. The van der Waals surface area contributed by atoms with Crippen molar-refractivity contribution in [2.24, 2.45) is 23.5 Å². The number of hydrogen-bond donors (Lipinski definition) is 12. The molecule has 2 saturated heterocycles. The van der Waals surface area contributed by atoms with E-state index in [2.05, 4.69) is 5.32 Å². The molecule has 18 nitrogen and oxygen atoms in total. The van der Waals surface area contributed by atoms with E-state index in [0.29, 0.717) is 0 Å². The number of ether oxygens (including phenoxy) is 4. The Kier molecular flexibility index (Phi) is 24.3. The average Bonchev–Trinajstić information content (AvgIpc) is 3.24. The summed E-state index contributed by atoms with van der Waals surface area (Å²) in [6.07, 6.45) is 5.02. The Labute approximate surface area is 388 Å². The molecule has 374 valence electrons. The number of fused-ring (bicyclic) bond motifs is 2. The van der Waals surface area contributed by atoms with E-state index in [0.717, 1.165) is 0 Å². The van der Waals surface area contributed by atoms with Crippen LogP contribution in [0, 0.1) is 17.8 Å². The van der Waals surface area contributed by atoms with Crippen molar-refractivity contribution in [2.45, 2.75) is 177 Å². The zero-order chi connectivity index (χ0) is 49.1. The monoisotopic (exact) mass is 937 g/mol. The topological polar surface area (TPSA) is 311 Å². The Hall–Kier alpha value is -3.44. The maximum atomic E-state index is 13.2. The van der Waals surface area contributed by atoms with Gasteiger partial charge in [0.15, 0.2) is 12.1 Å². The Balaban J connectivity index is 1.88. The van der Waals surface area contributed by atoms with Crippen LogP contribution in [0.25, 0.3) is 0 Å². The van der Waals surface area contributed by atoms with Gasteiger partial charge in [-0.2, -0.15) is 0 Å². The molecule has 0 spiro atoms. The second kappa shape index (κ2) is 28.1. The van der Waals surface area contributed by atoms with Crippen LogP contribution < -0.4 is 11.1 Å². The molecule has 13 N–H and O–H groups in total. The number of carbonyl (C=O) groups is 2. The highest BCUT2D eigenvalue weighted by Gasteiger charge is 2.51. The number of rotatable bonds is 3. The third kappa shape index (κ3) is 18.6. The lowest BCUT2D eigenvalue weighted by Gasteiger charge is -2.46. The minimum absolute atomic E-state index is 0.115. The Morgan fingerprint density at radius 3 is 1.82 bits per heavy atom. The zero-order valence-corrected chi connectivity index (χ0v) is 38.6. The lowest BCUT2D eigenvalue weighted by molar-refractivity contribution is -0.308. The predicted molar refractivity (Wildman–Crippen MR) is 243 cm³/mol. The highest BCUT2D eigenvalue weighted by atomic mass is 16.7. The lowest BCUT2D eigenvalue weighted by Crippen LogP contribution is -2.62. The van der Waals surface area contributed by atoms with Gasteiger partial charge in [-0.15, -0.1) is 0 Å². The van der Waals surface area contributed by atoms with Gasteiger partial charge in [0, 0.05) is 38.1 Å². The quantitative estimate of drug-likeness (QED) is 0.170. The number of amides is 1. The SMILES string of the molecule is CNC(=O)[C@H]1C2C[C@@H](O[C@@H]3O[C@H](C)[C@@H](O)[C@H](N)[C@@H]3O)/C=C/C=C/C=C/C=C/C=C/C=C/C=C/[C@H](C)[C@@H](O)[C@@H](C)[C@H](C)OC(=O)C[C@H](O)CC(O)C[C@H](O)CC[C@@H](O)[C@H](O)C[C@](O)(C[C@@H]1O)O2. The number of esters is 1. The molecule has 18 heteroatoms. The number of aliphatic hydroxyl groups excluding tert-OH is 9. The molecule has 0 aliphatic carbocycles. The Bertz CT molecular complexity index is 1690. The number of carbonyl (C=O) groups excluding carboxylic acids is 2. The number of allylic oxidation sites excluding steroid dienone is 12. The summed E-state index contributed by atoms with van der Waals surface area (Å²) >= 11 is 0. The van der Waals surface area contributed by atoms with Gasteiger partial charge in [0.25, 0.3) is 0 Å². The van der Waals surface area contributed by atoms with Crippen LogP contribution in [-0.2, 0) is 28.5 Å². The van der Waals surface area contributed by atoms with E-state index in [9.17, 15) is 60.7 Å². The van der Waals surface area contributed by atoms with Crippen LogP contribution in [0.3, 0.4) is 0 Å². The molecule has 3 heterocycles. The summed E-state index contributed by atoms with van der Waals surface area (Å²) in [5, 5.41) is 111. The van der Waals surface area contributed by atoms with Gasteiger partial charge in [0.1, 0.15) is 12.2 Å². The summed E-state index contributed by atoms with van der Waals surface area (Å²) in [6.45, 7) is 6.79. The van der Waals surface area contributed by atoms with Gasteiger partial charge >= 0.3 is 5.97 Å². The maximum Gasteiger partial charge on any atom is 0.308 e. The molecular formula is C48H76N2O16. The summed E-state index contributed by atoms with van der Waals surface area (Å²) < 4.78 is 23.5. The van der Waals surface area contributed by atoms with Crippen LogP contribution in [0.4, 0.5) is 0 Å². The van der Waals surface area contributed by atoms with Crippen LogP contribution in [0.2, 0.25) is 0 Å². The maximum absolute atomic E-state index is 13.2. The van der Waals surface area contributed by atoms with Crippen LogP contribution in [0.5, 0.6) is 0 Å². The van der Waals surface area contributed by atoms with E-state index in [1.165, 1.54) is 7.05 Å². The minimum Gasteiger partial charge on any atom is -0.462 e. The van der Waals surface area contributed by atoms with Crippen molar-refractivity contribution in [3.05, 3.63) is 85.1 Å². The van der Waals surface area contributed by atoms with Gasteiger partial charge < -0.3 is 81.1 Å². The molecule has 0 radical (unpaired) electrons. The minimum atomic E-state index is -2.28. The van der Waals surface area contributed by atoms with E-state index in [1.807, 2.05) is 43.4 Å². The molecular weight excluding hydrogens is 861 g/mol. The molecule has 1 amide bonds. The number of cyclic esters (lactones) is 1. The van der Waals surface area contributed by atoms with Gasteiger partial charge in [-0.05, 0) is 39.5 Å². The third-order valence-corrected chi connectivity index (χ3v) is 12.3. The number of aliphatic hydroxyl groups is 10. The summed E-state index contributed by atoms with van der Waals surface area (Å²) in [4.78, 5) is 25.8. The van der Waals surface area contributed by atoms with Crippen molar-refractivity contribution in [1.82, 2.24) is 5.32 Å². The molecule has 66 heavy (non-hydrogen) atoms. The number of nitrogens with one attached hydrogen (secondary N) is 1. The molecule has 0 saturated carbocycles. The summed E-state index contributed by atoms with van der Waals surface area (Å²) in [6, 6.07) is -1.12. The van der Waals surface area contributed by atoms with Gasteiger partial charge in [-0.1, -0.05) is 98.9 Å². The van der Waals surface area contributed by atoms with Crippen molar-refractivity contribution in [3.63, 3.8) is 0 Å². The molecule has 3 aliphatic heterocycles. The van der Waals surface area contributed by atoms with Gasteiger partial charge in [0.05, 0.1) is 85.5 Å². The molecule has 3 aliphatic rings. The van der Waals surface area contributed by atoms with Crippen LogP contribution >= 0.6 is 0 Å². The summed E-state index contributed by atoms with van der Waals surface area (Å²) in [5.41, 5.74) is 6.06. The number of nitrogens with two attached hydrogens (primary N) is 1. The summed E-state index contributed by atoms with van der Waals surface area (Å²) in [7, 11) is 1.36. The summed E-state index contributed by atoms with van der Waals surface area (Å²) in [5.74, 6) is -5.59. The van der Waals surface area contributed by atoms with Crippen LogP contribution in [0.15, 0.2) is 85.1 Å². The van der Waals surface area contributed by atoms with E-state index >= 15 is 0 Å². The average molecular weight is 937 g/mol. The second-order valence-corrected chi connectivity index (χ2v) is 17.8. The Morgan fingerprint density at radius 2 is 1.23 bits per heavy atom. The zero-order valence-electron chi connectivity index (χ0n) is 38.6. The van der Waals surface area contributed by atoms with Crippen molar-refractivity contribution < 1.29 is 79.6 Å². The Morgan fingerprint density at radius 1 is 0.682 bits per heavy atom. The van der Waals surface area contributed by atoms with Crippen LogP contribution in [-0.4, -0.2) is 167 Å². The normalized spacial score (nSPS) is 44.9. The smallest absolute Gasteiger partial charge is 0.308 e. The second-order valence-electron chi connectivity index (χ2n) is 17.8. The molecule has 2 unspecified atom stereocenters. The molecule has 2 fully saturated rings. The fourth-order valence-electron chi connectivity index (χ4n) is 8.14. The van der Waals surface area contributed by atoms with Crippen molar-refractivity contribution in [1.29, 1.82) is 0 Å². The largest absolute Gasteiger partial charge is 0.462 e. The predicted octanol–water partition coefficient (Wildman–Crippen LogP) is 0.373. The van der Waals surface area contributed by atoms with Crippen molar-refractivity contribution >= 4 is 11.9 Å². The molecule has 19 atom stereocenters. The first-order valence-corrected chi connectivity index (χ1v) is 22.8. The van der Waals surface area contributed by atoms with E-state index in [1.54, 1.807) is 69.4 Å². The third-order valence-electron chi connectivity index (χ3n) is 12.3. The number of hydrogen-bond acceptors (Lipinski definition) is 17. The lowest BCUT2D eigenvalue weighted by atomic mass is 9.82. The molecule has 2 bridgehead atoms. The van der Waals surface area contributed by atoms with Crippen LogP contribution in [0.1, 0.15) is 79.1 Å². The molecule has 0 aromatic heterocycles. The molecule has 3 rings (SSSR count). The van der Waals surface area contributed by atoms with Gasteiger partial charge in [-0.3, -0.25) is 9.59 Å². The van der Waals surface area contributed by atoms with E-state index < -0.39 is 140 Å². The molecule has 0 aromatic carbocycles. The molecule has 0 aromatic rings. The standard InChI is InChI=1S/C48H76N2O16/c1-28-18-16-14-12-10-8-6-7-9-11-13-15-17-19-35(65-47-45(60)42(49)44(59)31(4)64-47)25-39-41(46(61)50-5)38(56)27-48(62,66-39)26-37(55)36(54)21-20-32(51)22-33(52)23-34(53)24-40(57)63-30(3)29(2)43(28)58/h6-19,28-39,41-45,47,51-56,58-60,62H,20-27,49H2,1-5H3,(H,50,61)/b7-6+,10-8+,11-9+,14-12+,15-13+,18-16+,19-17+/t28-,29-,30-,31+,32+,33?,34+,35-,36+,37+,38-,39?,41+,42-,43+,44+,45-,47-,48+/m0/s1. The highest BCUT2D eigenvalue weighted by Crippen LogP contribution is 2.38. The first-order chi connectivity index (χ1) is 31.2. The van der Waals surface area contributed by atoms with Crippen molar-refractivity contribution in [2.75, 3.05) is 7.05 Å².